The average Bonchev–Trinajstić information content (AvgIpc) is 3.03. The number of anilines is 2. The van der Waals surface area contributed by atoms with E-state index in [1.54, 1.807) is 10.8 Å². The van der Waals surface area contributed by atoms with Gasteiger partial charge < -0.3 is 9.80 Å². The molecular formula is C17H20N6. The minimum absolute atomic E-state index is 0.780. The molecule has 2 aromatic heterocycles. The molecule has 6 nitrogen and oxygen atoms in total. The molecule has 23 heavy (non-hydrogen) atoms. The van der Waals surface area contributed by atoms with Crippen molar-refractivity contribution in [1.82, 2.24) is 19.8 Å². The van der Waals surface area contributed by atoms with E-state index in [0.29, 0.717) is 0 Å². The molecule has 3 aromatic rings. The first-order chi connectivity index (χ1) is 11.2. The van der Waals surface area contributed by atoms with Crippen LogP contribution in [0.1, 0.15) is 11.1 Å². The van der Waals surface area contributed by atoms with Gasteiger partial charge in [0.1, 0.15) is 12.1 Å². The van der Waals surface area contributed by atoms with Gasteiger partial charge in [0.25, 0.3) is 0 Å². The van der Waals surface area contributed by atoms with E-state index >= 15 is 0 Å². The Morgan fingerprint density at radius 2 is 1.70 bits per heavy atom. The maximum Gasteiger partial charge on any atom is 0.177 e. The van der Waals surface area contributed by atoms with Crippen LogP contribution < -0.4 is 9.80 Å². The lowest BCUT2D eigenvalue weighted by Crippen LogP contribution is -2.47. The predicted octanol–water partition coefficient (Wildman–Crippen LogP) is 2.07. The van der Waals surface area contributed by atoms with Crippen LogP contribution in [0, 0.1) is 13.8 Å². The summed E-state index contributed by atoms with van der Waals surface area (Å²) >= 11 is 0. The molecule has 1 saturated heterocycles. The maximum atomic E-state index is 4.58. The fourth-order valence-electron chi connectivity index (χ4n) is 3.22. The molecule has 1 aliphatic heterocycles. The molecule has 1 aromatic carbocycles. The van der Waals surface area contributed by atoms with E-state index in [-0.39, 0.29) is 0 Å². The van der Waals surface area contributed by atoms with Crippen molar-refractivity contribution in [3.05, 3.63) is 47.8 Å². The third kappa shape index (κ3) is 2.60. The minimum atomic E-state index is 0.780. The van der Waals surface area contributed by atoms with Crippen molar-refractivity contribution in [2.75, 3.05) is 36.0 Å². The predicted molar refractivity (Wildman–Crippen MR) is 91.1 cm³/mol. The Labute approximate surface area is 135 Å². The van der Waals surface area contributed by atoms with E-state index in [0.717, 1.165) is 37.6 Å². The van der Waals surface area contributed by atoms with Gasteiger partial charge >= 0.3 is 0 Å². The van der Waals surface area contributed by atoms with Crippen molar-refractivity contribution < 1.29 is 0 Å². The Morgan fingerprint density at radius 1 is 0.913 bits per heavy atom. The molecule has 6 heteroatoms. The molecule has 0 spiro atoms. The highest BCUT2D eigenvalue weighted by Gasteiger charge is 2.19. The Bertz CT molecular complexity index is 832. The van der Waals surface area contributed by atoms with Gasteiger partial charge in [0.15, 0.2) is 5.65 Å². The number of rotatable bonds is 2. The van der Waals surface area contributed by atoms with Crippen molar-refractivity contribution in [3.8, 4) is 0 Å². The lowest BCUT2D eigenvalue weighted by atomic mass is 10.1. The molecule has 0 saturated carbocycles. The fourth-order valence-corrected chi connectivity index (χ4v) is 3.22. The summed E-state index contributed by atoms with van der Waals surface area (Å²) in [6.07, 6.45) is 1.64. The third-order valence-corrected chi connectivity index (χ3v) is 4.44. The molecule has 0 N–H and O–H groups in total. The summed E-state index contributed by atoms with van der Waals surface area (Å²) in [6.45, 7) is 8.28. The topological polar surface area (TPSA) is 49.6 Å². The second-order valence-electron chi connectivity index (χ2n) is 6.09. The van der Waals surface area contributed by atoms with Crippen molar-refractivity contribution in [2.45, 2.75) is 13.8 Å². The number of fused-ring (bicyclic) bond motifs is 1. The number of aryl methyl sites for hydroxylation is 2. The lowest BCUT2D eigenvalue weighted by molar-refractivity contribution is 0.640. The van der Waals surface area contributed by atoms with Gasteiger partial charge in [0.2, 0.25) is 0 Å². The van der Waals surface area contributed by atoms with Crippen molar-refractivity contribution in [3.63, 3.8) is 0 Å². The Hall–Kier alpha value is -2.63. The normalized spacial score (nSPS) is 15.4. The quantitative estimate of drug-likeness (QED) is 0.725. The highest BCUT2D eigenvalue weighted by Crippen LogP contribution is 2.23. The molecular weight excluding hydrogens is 288 g/mol. The van der Waals surface area contributed by atoms with E-state index in [1.165, 1.54) is 16.8 Å². The van der Waals surface area contributed by atoms with E-state index in [2.05, 4.69) is 57.1 Å². The van der Waals surface area contributed by atoms with Gasteiger partial charge in [-0.15, -0.1) is 15.3 Å². The zero-order valence-corrected chi connectivity index (χ0v) is 13.5. The third-order valence-electron chi connectivity index (χ3n) is 4.44. The van der Waals surface area contributed by atoms with Gasteiger partial charge in [-0.3, -0.25) is 0 Å². The molecule has 1 fully saturated rings. The van der Waals surface area contributed by atoms with Gasteiger partial charge in [-0.2, -0.15) is 4.52 Å². The standard InChI is InChI=1S/C17H20N6/c1-13-3-4-15(14(2)11-13)21-7-9-22(10-8-21)17-6-5-16-19-18-12-23(16)20-17/h3-6,11-12H,7-10H2,1-2H3. The van der Waals surface area contributed by atoms with Gasteiger partial charge in [0.05, 0.1) is 0 Å². The fraction of sp³-hybridized carbons (Fsp3) is 0.353. The summed E-state index contributed by atoms with van der Waals surface area (Å²) < 4.78 is 1.73. The number of hydrogen-bond donors (Lipinski definition) is 0. The average molecular weight is 308 g/mol. The van der Waals surface area contributed by atoms with Gasteiger partial charge in [-0.25, -0.2) is 0 Å². The summed E-state index contributed by atoms with van der Waals surface area (Å²) in [5.41, 5.74) is 4.79. The highest BCUT2D eigenvalue weighted by atomic mass is 15.4. The molecule has 1 aliphatic rings. The van der Waals surface area contributed by atoms with Gasteiger partial charge in [0, 0.05) is 31.9 Å². The van der Waals surface area contributed by atoms with Crippen LogP contribution in [0.5, 0.6) is 0 Å². The summed E-state index contributed by atoms with van der Waals surface area (Å²) in [4.78, 5) is 4.78. The zero-order valence-electron chi connectivity index (χ0n) is 13.5. The lowest BCUT2D eigenvalue weighted by Gasteiger charge is -2.37. The van der Waals surface area contributed by atoms with E-state index in [4.69, 9.17) is 0 Å². The van der Waals surface area contributed by atoms with Crippen LogP contribution in [0.4, 0.5) is 11.5 Å². The minimum Gasteiger partial charge on any atom is -0.368 e. The first-order valence-electron chi connectivity index (χ1n) is 7.95. The number of piperazine rings is 1. The largest absolute Gasteiger partial charge is 0.368 e. The molecule has 0 radical (unpaired) electrons. The Morgan fingerprint density at radius 3 is 2.48 bits per heavy atom. The molecule has 0 amide bonds. The van der Waals surface area contributed by atoms with Gasteiger partial charge in [-0.05, 0) is 37.6 Å². The molecule has 0 atom stereocenters. The molecule has 0 unspecified atom stereocenters. The smallest absolute Gasteiger partial charge is 0.177 e. The zero-order chi connectivity index (χ0) is 15.8. The van der Waals surface area contributed by atoms with Crippen LogP contribution >= 0.6 is 0 Å². The number of aromatic nitrogens is 4. The SMILES string of the molecule is Cc1ccc(N2CCN(c3ccc4nncn4n3)CC2)c(C)c1. The molecule has 0 aliphatic carbocycles. The molecule has 4 rings (SSSR count). The van der Waals surface area contributed by atoms with E-state index < -0.39 is 0 Å². The second-order valence-corrected chi connectivity index (χ2v) is 6.09. The molecule has 118 valence electrons. The van der Waals surface area contributed by atoms with Crippen LogP contribution in [-0.2, 0) is 0 Å². The van der Waals surface area contributed by atoms with E-state index in [9.17, 15) is 0 Å². The summed E-state index contributed by atoms with van der Waals surface area (Å²) in [5, 5.41) is 12.5. The summed E-state index contributed by atoms with van der Waals surface area (Å²) in [5.74, 6) is 0.984. The van der Waals surface area contributed by atoms with Crippen LogP contribution in [0.15, 0.2) is 36.7 Å². The van der Waals surface area contributed by atoms with Crippen molar-refractivity contribution >= 4 is 17.2 Å². The van der Waals surface area contributed by atoms with Crippen LogP contribution in [0.25, 0.3) is 5.65 Å². The second kappa shape index (κ2) is 5.53. The monoisotopic (exact) mass is 308 g/mol. The van der Waals surface area contributed by atoms with Gasteiger partial charge in [-0.1, -0.05) is 17.7 Å². The Balaban J connectivity index is 1.50. The molecule has 3 heterocycles. The first-order valence-corrected chi connectivity index (χ1v) is 7.95. The van der Waals surface area contributed by atoms with E-state index in [1.807, 2.05) is 12.1 Å². The number of nitrogens with zero attached hydrogens (tertiary/aromatic N) is 6. The van der Waals surface area contributed by atoms with Crippen molar-refractivity contribution in [1.29, 1.82) is 0 Å². The van der Waals surface area contributed by atoms with Crippen LogP contribution in [0.2, 0.25) is 0 Å². The summed E-state index contributed by atoms with van der Waals surface area (Å²) in [7, 11) is 0. The Kier molecular flexibility index (Phi) is 3.37. The summed E-state index contributed by atoms with van der Waals surface area (Å²) in [6, 6.07) is 10.7. The van der Waals surface area contributed by atoms with Crippen molar-refractivity contribution in [2.24, 2.45) is 0 Å². The molecule has 0 bridgehead atoms. The van der Waals surface area contributed by atoms with Crippen LogP contribution in [0.3, 0.4) is 0 Å². The first kappa shape index (κ1) is 14.0. The maximum absolute atomic E-state index is 4.58. The number of benzene rings is 1. The van der Waals surface area contributed by atoms with Crippen LogP contribution in [-0.4, -0.2) is 46.0 Å². The highest BCUT2D eigenvalue weighted by molar-refractivity contribution is 5.56. The number of hydrogen-bond acceptors (Lipinski definition) is 5.